The van der Waals surface area contributed by atoms with Crippen molar-refractivity contribution in [1.82, 2.24) is 9.88 Å². The van der Waals surface area contributed by atoms with Gasteiger partial charge in [-0.25, -0.2) is 4.98 Å². The summed E-state index contributed by atoms with van der Waals surface area (Å²) in [5.41, 5.74) is 1.71. The summed E-state index contributed by atoms with van der Waals surface area (Å²) >= 11 is 7.64. The van der Waals surface area contributed by atoms with Gasteiger partial charge in [-0.1, -0.05) is 36.7 Å². The van der Waals surface area contributed by atoms with Crippen molar-refractivity contribution in [3.63, 3.8) is 0 Å². The number of aromatic nitrogens is 1. The average Bonchev–Trinajstić information content (AvgIpc) is 2.86. The predicted molar refractivity (Wildman–Crippen MR) is 78.5 cm³/mol. The first-order valence-electron chi connectivity index (χ1n) is 6.21. The molecule has 0 atom stereocenters. The van der Waals surface area contributed by atoms with Crippen LogP contribution < -0.4 is 56.5 Å². The summed E-state index contributed by atoms with van der Waals surface area (Å²) in [4.78, 5) is 16.9. The van der Waals surface area contributed by atoms with Gasteiger partial charge in [0.05, 0.1) is 18.2 Å². The second kappa shape index (κ2) is 9.37. The number of carboxylic acids is 1. The smallest absolute Gasteiger partial charge is 0.549 e. The number of carbonyl (C=O) groups excluding carboxylic acids is 1. The molecule has 0 bridgehead atoms. The number of nitrogens with zero attached hydrogens (tertiary/aromatic N) is 2. The Morgan fingerprint density at radius 3 is 2.76 bits per heavy atom. The fraction of sp³-hybridized carbons (Fsp3) is 0.286. The molecule has 0 radical (unpaired) electrons. The van der Waals surface area contributed by atoms with Gasteiger partial charge in [0.1, 0.15) is 5.01 Å². The maximum absolute atomic E-state index is 10.6. The average molecular weight is 349 g/mol. The van der Waals surface area contributed by atoms with Crippen LogP contribution in [-0.4, -0.2) is 28.9 Å². The van der Waals surface area contributed by atoms with E-state index in [9.17, 15) is 9.90 Å². The monoisotopic (exact) mass is 348 g/mol. The second-order valence-electron chi connectivity index (χ2n) is 4.28. The van der Waals surface area contributed by atoms with Crippen LogP contribution in [0.15, 0.2) is 29.6 Å². The van der Waals surface area contributed by atoms with Crippen LogP contribution in [0.5, 0.6) is 0 Å². The molecule has 0 unspecified atom stereocenters. The SMILES string of the molecule is CCN(CC(=O)[O-])Cc1nc(-c2ccccc2Cl)cs1.[K+]. The van der Waals surface area contributed by atoms with Gasteiger partial charge in [0, 0.05) is 22.5 Å². The molecular weight excluding hydrogens is 335 g/mol. The van der Waals surface area contributed by atoms with Crippen molar-refractivity contribution >= 4 is 28.9 Å². The fourth-order valence-corrected chi connectivity index (χ4v) is 2.90. The van der Waals surface area contributed by atoms with Crippen molar-refractivity contribution in [2.45, 2.75) is 13.5 Å². The molecule has 0 spiro atoms. The Hall–Kier alpha value is 0.206. The van der Waals surface area contributed by atoms with E-state index in [1.54, 1.807) is 4.90 Å². The van der Waals surface area contributed by atoms with Gasteiger partial charge in [-0.2, -0.15) is 0 Å². The number of carboxylic acid groups (broad SMARTS) is 1. The Kier molecular flexibility index (Phi) is 8.59. The van der Waals surface area contributed by atoms with Crippen molar-refractivity contribution in [2.24, 2.45) is 0 Å². The quantitative estimate of drug-likeness (QED) is 0.631. The van der Waals surface area contributed by atoms with Crippen LogP contribution in [0.3, 0.4) is 0 Å². The maximum Gasteiger partial charge on any atom is 1.00 e. The van der Waals surface area contributed by atoms with Crippen LogP contribution in [0, 0.1) is 0 Å². The van der Waals surface area contributed by atoms with Crippen molar-refractivity contribution < 1.29 is 61.3 Å². The molecule has 0 saturated heterocycles. The molecule has 7 heteroatoms. The van der Waals surface area contributed by atoms with E-state index < -0.39 is 5.97 Å². The number of halogens is 1. The third-order valence-corrected chi connectivity index (χ3v) is 4.02. The number of benzene rings is 1. The molecule has 106 valence electrons. The molecule has 2 rings (SSSR count). The molecule has 1 aromatic heterocycles. The largest absolute Gasteiger partial charge is 1.00 e. The van der Waals surface area contributed by atoms with Crippen LogP contribution in [0.4, 0.5) is 0 Å². The first-order valence-corrected chi connectivity index (χ1v) is 7.47. The van der Waals surface area contributed by atoms with Gasteiger partial charge >= 0.3 is 51.4 Å². The number of carbonyl (C=O) groups is 1. The molecule has 1 heterocycles. The van der Waals surface area contributed by atoms with Gasteiger partial charge in [0.15, 0.2) is 0 Å². The summed E-state index contributed by atoms with van der Waals surface area (Å²) < 4.78 is 0. The van der Waals surface area contributed by atoms with Crippen LogP contribution >= 0.6 is 22.9 Å². The molecule has 4 nitrogen and oxygen atoms in total. The van der Waals surface area contributed by atoms with E-state index in [0.29, 0.717) is 18.1 Å². The Bertz CT molecular complexity index is 606. The van der Waals surface area contributed by atoms with E-state index in [0.717, 1.165) is 16.3 Å². The van der Waals surface area contributed by atoms with Crippen LogP contribution in [0.25, 0.3) is 11.3 Å². The second-order valence-corrected chi connectivity index (χ2v) is 5.63. The standard InChI is InChI=1S/C14H15ClN2O2S.K/c1-2-17(8-14(18)19)7-13-16-12(9-20-13)10-5-3-4-6-11(10)15;/h3-6,9H,2,7-8H2,1H3,(H,18,19);/q;+1/p-1. The molecule has 0 aliphatic rings. The number of hydrogen-bond acceptors (Lipinski definition) is 5. The summed E-state index contributed by atoms with van der Waals surface area (Å²) in [5.74, 6) is -1.07. The Morgan fingerprint density at radius 2 is 2.14 bits per heavy atom. The van der Waals surface area contributed by atoms with Gasteiger partial charge in [-0.05, 0) is 12.6 Å². The van der Waals surface area contributed by atoms with Crippen molar-refractivity contribution in [3.05, 3.63) is 39.7 Å². The van der Waals surface area contributed by atoms with Gasteiger partial charge in [-0.3, -0.25) is 4.90 Å². The first kappa shape index (κ1) is 19.3. The Labute approximate surface area is 175 Å². The molecule has 0 aliphatic carbocycles. The third kappa shape index (κ3) is 5.72. The summed E-state index contributed by atoms with van der Waals surface area (Å²) in [5, 5.41) is 14.1. The Morgan fingerprint density at radius 1 is 1.43 bits per heavy atom. The van der Waals surface area contributed by atoms with E-state index in [1.807, 2.05) is 36.6 Å². The van der Waals surface area contributed by atoms with E-state index in [4.69, 9.17) is 11.6 Å². The summed E-state index contributed by atoms with van der Waals surface area (Å²) in [6, 6.07) is 7.52. The van der Waals surface area contributed by atoms with E-state index in [1.165, 1.54) is 11.3 Å². The van der Waals surface area contributed by atoms with Crippen LogP contribution in [0.2, 0.25) is 5.02 Å². The molecule has 0 fully saturated rings. The topological polar surface area (TPSA) is 56.3 Å². The Balaban J connectivity index is 0.00000220. The molecule has 0 saturated carbocycles. The van der Waals surface area contributed by atoms with Crippen LogP contribution in [0.1, 0.15) is 11.9 Å². The minimum Gasteiger partial charge on any atom is -0.549 e. The van der Waals surface area contributed by atoms with E-state index in [-0.39, 0.29) is 57.9 Å². The minimum atomic E-state index is -1.07. The van der Waals surface area contributed by atoms with E-state index >= 15 is 0 Å². The van der Waals surface area contributed by atoms with Gasteiger partial charge < -0.3 is 9.90 Å². The van der Waals surface area contributed by atoms with Gasteiger partial charge in [0.25, 0.3) is 0 Å². The molecule has 21 heavy (non-hydrogen) atoms. The predicted octanol–water partition coefficient (Wildman–Crippen LogP) is -0.961. The zero-order chi connectivity index (χ0) is 14.5. The van der Waals surface area contributed by atoms with Crippen molar-refractivity contribution in [1.29, 1.82) is 0 Å². The maximum atomic E-state index is 10.6. The molecule has 0 amide bonds. The number of thiazole rings is 1. The van der Waals surface area contributed by atoms with Crippen LogP contribution in [-0.2, 0) is 11.3 Å². The number of aliphatic carboxylic acids is 1. The zero-order valence-corrected chi connectivity index (χ0v) is 16.7. The van der Waals surface area contributed by atoms with E-state index in [2.05, 4.69) is 4.98 Å². The minimum absolute atomic E-state index is 0. The molecular formula is C14H14ClKN2O2S. The normalized spacial score (nSPS) is 10.4. The summed E-state index contributed by atoms with van der Waals surface area (Å²) in [6.45, 7) is 2.96. The number of hydrogen-bond donors (Lipinski definition) is 0. The summed E-state index contributed by atoms with van der Waals surface area (Å²) in [7, 11) is 0. The number of rotatable bonds is 6. The van der Waals surface area contributed by atoms with Gasteiger partial charge in [-0.15, -0.1) is 11.3 Å². The molecule has 2 aromatic rings. The van der Waals surface area contributed by atoms with Crippen molar-refractivity contribution in [2.75, 3.05) is 13.1 Å². The molecule has 1 aromatic carbocycles. The van der Waals surface area contributed by atoms with Gasteiger partial charge in [0.2, 0.25) is 0 Å². The van der Waals surface area contributed by atoms with Crippen molar-refractivity contribution in [3.8, 4) is 11.3 Å². The zero-order valence-electron chi connectivity index (χ0n) is 12.0. The third-order valence-electron chi connectivity index (χ3n) is 2.86. The molecule has 0 N–H and O–H groups in total. The number of likely N-dealkylation sites (N-methyl/N-ethyl adjacent to an activating group) is 1. The molecule has 0 aliphatic heterocycles. The first-order chi connectivity index (χ1) is 9.60. The summed E-state index contributed by atoms with van der Waals surface area (Å²) in [6.07, 6.45) is 0. The fourth-order valence-electron chi connectivity index (χ4n) is 1.83.